The average molecular weight is 347 g/mol. The quantitative estimate of drug-likeness (QED) is 0.628. The van der Waals surface area contributed by atoms with Gasteiger partial charge >= 0.3 is 6.18 Å². The highest BCUT2D eigenvalue weighted by Gasteiger charge is 2.30. The van der Waals surface area contributed by atoms with Crippen molar-refractivity contribution in [2.24, 2.45) is 0 Å². The minimum atomic E-state index is -4.51. The first-order chi connectivity index (χ1) is 11.8. The van der Waals surface area contributed by atoms with E-state index in [2.05, 4.69) is 4.98 Å². The Kier molecular flexibility index (Phi) is 4.39. The van der Waals surface area contributed by atoms with E-state index in [1.54, 1.807) is 18.2 Å². The van der Waals surface area contributed by atoms with Crippen LogP contribution in [-0.2, 0) is 6.18 Å². The van der Waals surface area contributed by atoms with Crippen molar-refractivity contribution >= 4 is 22.7 Å². The lowest BCUT2D eigenvalue weighted by molar-refractivity contribution is -0.137. The summed E-state index contributed by atoms with van der Waals surface area (Å²) >= 11 is 0. The Bertz CT molecular complexity index is 944. The van der Waals surface area contributed by atoms with Crippen molar-refractivity contribution in [2.75, 3.05) is 0 Å². The molecule has 1 heterocycles. The van der Waals surface area contributed by atoms with Crippen molar-refractivity contribution in [3.63, 3.8) is 0 Å². The van der Waals surface area contributed by atoms with Gasteiger partial charge in [0.15, 0.2) is 23.5 Å². The third-order valence-corrected chi connectivity index (χ3v) is 3.74. The van der Waals surface area contributed by atoms with Gasteiger partial charge in [-0.05, 0) is 30.3 Å². The van der Waals surface area contributed by atoms with Gasteiger partial charge in [-0.2, -0.15) is 13.2 Å². The second kappa shape index (κ2) is 6.51. The molecule has 4 nitrogen and oxygen atoms in total. The van der Waals surface area contributed by atoms with Crippen molar-refractivity contribution in [1.29, 1.82) is 0 Å². The molecule has 0 aliphatic heterocycles. The van der Waals surface area contributed by atoms with Crippen molar-refractivity contribution in [2.45, 2.75) is 19.0 Å². The number of rotatable bonds is 5. The SMILES string of the molecule is O=C(CCC(=O)c1ccc2ocnc2c1)c1cccc(C(F)(F)F)c1. The molecule has 0 N–H and O–H groups in total. The van der Waals surface area contributed by atoms with Gasteiger partial charge in [0.1, 0.15) is 5.52 Å². The number of oxazole rings is 1. The monoisotopic (exact) mass is 347 g/mol. The maximum Gasteiger partial charge on any atom is 0.416 e. The molecule has 0 saturated heterocycles. The maximum atomic E-state index is 12.7. The van der Waals surface area contributed by atoms with E-state index in [-0.39, 0.29) is 24.2 Å². The van der Waals surface area contributed by atoms with Crippen molar-refractivity contribution < 1.29 is 27.2 Å². The molecular formula is C18H12F3NO3. The molecule has 0 saturated carbocycles. The first kappa shape index (κ1) is 16.9. The molecule has 0 aliphatic rings. The summed E-state index contributed by atoms with van der Waals surface area (Å²) in [6.07, 6.45) is -3.52. The standard InChI is InChI=1S/C18H12F3NO3/c19-18(20,21)13-3-1-2-11(8-13)15(23)5-6-16(24)12-4-7-17-14(9-12)22-10-25-17/h1-4,7-10H,5-6H2. The van der Waals surface area contributed by atoms with E-state index < -0.39 is 17.5 Å². The van der Waals surface area contributed by atoms with E-state index in [9.17, 15) is 22.8 Å². The van der Waals surface area contributed by atoms with Crippen LogP contribution in [0.3, 0.4) is 0 Å². The predicted octanol–water partition coefficient (Wildman–Crippen LogP) is 4.69. The van der Waals surface area contributed by atoms with Crippen LogP contribution < -0.4 is 0 Å². The highest BCUT2D eigenvalue weighted by Crippen LogP contribution is 2.29. The zero-order chi connectivity index (χ0) is 18.0. The summed E-state index contributed by atoms with van der Waals surface area (Å²) in [6.45, 7) is 0. The fourth-order valence-electron chi connectivity index (χ4n) is 2.42. The Morgan fingerprint density at radius 3 is 2.32 bits per heavy atom. The summed E-state index contributed by atoms with van der Waals surface area (Å²) in [7, 11) is 0. The summed E-state index contributed by atoms with van der Waals surface area (Å²) in [5.74, 6) is -0.799. The Labute approximate surface area is 140 Å². The first-order valence-corrected chi connectivity index (χ1v) is 7.41. The molecule has 3 rings (SSSR count). The van der Waals surface area contributed by atoms with Crippen LogP contribution in [0, 0.1) is 0 Å². The fourth-order valence-corrected chi connectivity index (χ4v) is 2.42. The smallest absolute Gasteiger partial charge is 0.416 e. The Balaban J connectivity index is 1.68. The maximum absolute atomic E-state index is 12.7. The van der Waals surface area contributed by atoms with Crippen LogP contribution in [-0.4, -0.2) is 16.6 Å². The van der Waals surface area contributed by atoms with Crippen LogP contribution in [0.25, 0.3) is 11.1 Å². The van der Waals surface area contributed by atoms with E-state index >= 15 is 0 Å². The van der Waals surface area contributed by atoms with Crippen LogP contribution in [0.5, 0.6) is 0 Å². The average Bonchev–Trinajstić information content (AvgIpc) is 3.06. The van der Waals surface area contributed by atoms with Gasteiger partial charge in [0.25, 0.3) is 0 Å². The van der Waals surface area contributed by atoms with E-state index in [1.165, 1.54) is 18.5 Å². The molecule has 0 atom stereocenters. The third-order valence-electron chi connectivity index (χ3n) is 3.74. The molecule has 128 valence electrons. The second-order valence-corrected chi connectivity index (χ2v) is 5.46. The number of carbonyl (C=O) groups is 2. The topological polar surface area (TPSA) is 60.2 Å². The van der Waals surface area contributed by atoms with Crippen molar-refractivity contribution in [3.8, 4) is 0 Å². The molecule has 1 aromatic heterocycles. The van der Waals surface area contributed by atoms with E-state index in [0.717, 1.165) is 12.1 Å². The Morgan fingerprint density at radius 2 is 1.64 bits per heavy atom. The molecule has 0 spiro atoms. The number of Topliss-reactive ketones (excluding diaryl/α,β-unsaturated/α-hetero) is 2. The van der Waals surface area contributed by atoms with Crippen LogP contribution in [0.1, 0.15) is 39.1 Å². The lowest BCUT2D eigenvalue weighted by Crippen LogP contribution is -2.09. The third kappa shape index (κ3) is 3.76. The van der Waals surface area contributed by atoms with Gasteiger partial charge in [-0.1, -0.05) is 12.1 Å². The summed E-state index contributed by atoms with van der Waals surface area (Å²) in [6, 6.07) is 8.90. The van der Waals surface area contributed by atoms with Crippen LogP contribution >= 0.6 is 0 Å². The van der Waals surface area contributed by atoms with E-state index in [0.29, 0.717) is 16.7 Å². The number of hydrogen-bond donors (Lipinski definition) is 0. The molecule has 25 heavy (non-hydrogen) atoms. The second-order valence-electron chi connectivity index (χ2n) is 5.46. The fraction of sp³-hybridized carbons (Fsp3) is 0.167. The number of ketones is 2. The predicted molar refractivity (Wildman–Crippen MR) is 83.3 cm³/mol. The van der Waals surface area contributed by atoms with Gasteiger partial charge in [0, 0.05) is 24.0 Å². The molecule has 0 unspecified atom stereocenters. The number of benzene rings is 2. The highest BCUT2D eigenvalue weighted by molar-refractivity contribution is 6.03. The number of hydrogen-bond acceptors (Lipinski definition) is 4. The molecule has 0 bridgehead atoms. The van der Waals surface area contributed by atoms with Crippen LogP contribution in [0.2, 0.25) is 0 Å². The largest absolute Gasteiger partial charge is 0.443 e. The Hall–Kier alpha value is -2.96. The van der Waals surface area contributed by atoms with Gasteiger partial charge in [0.05, 0.1) is 5.56 Å². The zero-order valence-electron chi connectivity index (χ0n) is 12.8. The van der Waals surface area contributed by atoms with Gasteiger partial charge in [-0.15, -0.1) is 0 Å². The summed E-state index contributed by atoms with van der Waals surface area (Å²) in [4.78, 5) is 28.2. The summed E-state index contributed by atoms with van der Waals surface area (Å²) in [5, 5.41) is 0. The van der Waals surface area contributed by atoms with Crippen molar-refractivity contribution in [1.82, 2.24) is 4.98 Å². The minimum absolute atomic E-state index is 0.0606. The van der Waals surface area contributed by atoms with Gasteiger partial charge in [-0.25, -0.2) is 4.98 Å². The number of fused-ring (bicyclic) bond motifs is 1. The van der Waals surface area contributed by atoms with Gasteiger partial charge < -0.3 is 4.42 Å². The number of nitrogens with zero attached hydrogens (tertiary/aromatic N) is 1. The molecule has 7 heteroatoms. The van der Waals surface area contributed by atoms with E-state index in [4.69, 9.17) is 4.42 Å². The number of carbonyl (C=O) groups excluding carboxylic acids is 2. The molecule has 0 fully saturated rings. The molecule has 0 amide bonds. The van der Waals surface area contributed by atoms with Gasteiger partial charge in [-0.3, -0.25) is 9.59 Å². The number of aromatic nitrogens is 1. The van der Waals surface area contributed by atoms with Gasteiger partial charge in [0.2, 0.25) is 0 Å². The van der Waals surface area contributed by atoms with Crippen molar-refractivity contribution in [3.05, 3.63) is 65.5 Å². The first-order valence-electron chi connectivity index (χ1n) is 7.41. The highest BCUT2D eigenvalue weighted by atomic mass is 19.4. The van der Waals surface area contributed by atoms with Crippen LogP contribution in [0.4, 0.5) is 13.2 Å². The molecule has 2 aromatic carbocycles. The molecule has 0 radical (unpaired) electrons. The molecule has 3 aromatic rings. The number of halogens is 3. The lowest BCUT2D eigenvalue weighted by atomic mass is 10.00. The van der Waals surface area contributed by atoms with E-state index in [1.807, 2.05) is 0 Å². The molecule has 0 aliphatic carbocycles. The lowest BCUT2D eigenvalue weighted by Gasteiger charge is -2.08. The molecular weight excluding hydrogens is 335 g/mol. The summed E-state index contributed by atoms with van der Waals surface area (Å²) in [5.41, 5.74) is 0.487. The van der Waals surface area contributed by atoms with Crippen LogP contribution in [0.15, 0.2) is 53.3 Å². The minimum Gasteiger partial charge on any atom is -0.443 e. The number of alkyl halides is 3. The normalized spacial score (nSPS) is 11.6. The zero-order valence-corrected chi connectivity index (χ0v) is 12.8. The Morgan fingerprint density at radius 1 is 0.960 bits per heavy atom. The summed E-state index contributed by atoms with van der Waals surface area (Å²) < 4.78 is 43.1.